The normalized spacial score (nSPS) is 17.7. The van der Waals surface area contributed by atoms with Crippen LogP contribution in [0.15, 0.2) is 54.6 Å². The molecule has 0 aromatic heterocycles. The lowest BCUT2D eigenvalue weighted by Crippen LogP contribution is -2.44. The standard InChI is InChI=1S/C23H28N2O5/c1-29-23(28)17-9-11-21(12-10-17)30-16-20(26)15-25-13-5-6-18(14-25)22(27)24-19-7-3-2-4-8-19/h2-4,7-12,18,20,26H,5-6,13-16H2,1H3,(H,24,27)/t18-,20-/m1/s1. The molecule has 1 saturated heterocycles. The summed E-state index contributed by atoms with van der Waals surface area (Å²) in [5.74, 6) is 0.0817. The number of β-amino-alcohol motifs (C(OH)–C–C–N with tert-alkyl or cyclic N) is 1. The first-order chi connectivity index (χ1) is 14.5. The number of ether oxygens (including phenoxy) is 2. The minimum atomic E-state index is -0.679. The monoisotopic (exact) mass is 412 g/mol. The summed E-state index contributed by atoms with van der Waals surface area (Å²) in [4.78, 5) is 26.1. The van der Waals surface area contributed by atoms with Crippen molar-refractivity contribution < 1.29 is 24.2 Å². The number of carbonyl (C=O) groups is 2. The van der Waals surface area contributed by atoms with E-state index in [2.05, 4.69) is 15.0 Å². The lowest BCUT2D eigenvalue weighted by molar-refractivity contribution is -0.121. The van der Waals surface area contributed by atoms with Gasteiger partial charge < -0.3 is 19.9 Å². The average Bonchev–Trinajstić information content (AvgIpc) is 2.78. The van der Waals surface area contributed by atoms with Crippen LogP contribution in [0.5, 0.6) is 5.75 Å². The van der Waals surface area contributed by atoms with E-state index in [0.717, 1.165) is 25.1 Å². The molecule has 1 amide bonds. The molecule has 1 heterocycles. The summed E-state index contributed by atoms with van der Waals surface area (Å²) in [5.41, 5.74) is 1.24. The Kier molecular flexibility index (Phi) is 7.82. The number of esters is 1. The van der Waals surface area contributed by atoms with Gasteiger partial charge in [0, 0.05) is 18.8 Å². The highest BCUT2D eigenvalue weighted by Gasteiger charge is 2.27. The largest absolute Gasteiger partial charge is 0.491 e. The third-order valence-electron chi connectivity index (χ3n) is 5.10. The maximum atomic E-state index is 12.5. The van der Waals surface area contributed by atoms with E-state index in [0.29, 0.717) is 24.4 Å². The van der Waals surface area contributed by atoms with Crippen LogP contribution in [-0.4, -0.2) is 61.3 Å². The molecule has 0 saturated carbocycles. The van der Waals surface area contributed by atoms with Gasteiger partial charge >= 0.3 is 5.97 Å². The van der Waals surface area contributed by atoms with E-state index >= 15 is 0 Å². The minimum Gasteiger partial charge on any atom is -0.491 e. The predicted octanol–water partition coefficient (Wildman–Crippen LogP) is 2.56. The van der Waals surface area contributed by atoms with E-state index < -0.39 is 12.1 Å². The molecule has 1 aliphatic heterocycles. The van der Waals surface area contributed by atoms with Crippen molar-refractivity contribution in [3.63, 3.8) is 0 Å². The molecule has 0 unspecified atom stereocenters. The van der Waals surface area contributed by atoms with Crippen molar-refractivity contribution in [1.82, 2.24) is 4.90 Å². The lowest BCUT2D eigenvalue weighted by atomic mass is 9.96. The van der Waals surface area contributed by atoms with Crippen molar-refractivity contribution >= 4 is 17.6 Å². The molecule has 0 spiro atoms. The Balaban J connectivity index is 1.44. The Labute approximate surface area is 176 Å². The van der Waals surface area contributed by atoms with Gasteiger partial charge in [0.1, 0.15) is 18.5 Å². The zero-order chi connectivity index (χ0) is 21.3. The van der Waals surface area contributed by atoms with Gasteiger partial charge in [-0.25, -0.2) is 4.79 Å². The number of piperidine rings is 1. The van der Waals surface area contributed by atoms with Crippen molar-refractivity contribution in [2.45, 2.75) is 18.9 Å². The highest BCUT2D eigenvalue weighted by Crippen LogP contribution is 2.19. The molecule has 160 valence electrons. The summed E-state index contributed by atoms with van der Waals surface area (Å²) in [6.07, 6.45) is 1.07. The van der Waals surface area contributed by atoms with E-state index in [1.54, 1.807) is 24.3 Å². The molecule has 2 aromatic carbocycles. The smallest absolute Gasteiger partial charge is 0.337 e. The Morgan fingerprint density at radius 3 is 2.60 bits per heavy atom. The molecule has 1 aliphatic rings. The van der Waals surface area contributed by atoms with E-state index in [1.807, 2.05) is 30.3 Å². The molecule has 3 rings (SSSR count). The Hall–Kier alpha value is -2.90. The number of hydrogen-bond donors (Lipinski definition) is 2. The number of methoxy groups -OCH3 is 1. The van der Waals surface area contributed by atoms with Gasteiger partial charge in [-0.1, -0.05) is 18.2 Å². The van der Waals surface area contributed by atoms with Crippen LogP contribution >= 0.6 is 0 Å². The van der Waals surface area contributed by atoms with E-state index in [4.69, 9.17) is 4.74 Å². The number of aliphatic hydroxyl groups is 1. The number of rotatable bonds is 8. The molecule has 2 atom stereocenters. The molecule has 2 aromatic rings. The number of nitrogens with zero attached hydrogens (tertiary/aromatic N) is 1. The fourth-order valence-electron chi connectivity index (χ4n) is 3.55. The first-order valence-corrected chi connectivity index (χ1v) is 10.1. The van der Waals surface area contributed by atoms with Gasteiger partial charge in [-0.3, -0.25) is 9.69 Å². The second kappa shape index (κ2) is 10.8. The quantitative estimate of drug-likeness (QED) is 0.648. The molecule has 0 aliphatic carbocycles. The summed E-state index contributed by atoms with van der Waals surface area (Å²) < 4.78 is 10.3. The number of para-hydroxylation sites is 1. The number of amides is 1. The fourth-order valence-corrected chi connectivity index (χ4v) is 3.55. The van der Waals surface area contributed by atoms with Crippen LogP contribution in [0.3, 0.4) is 0 Å². The van der Waals surface area contributed by atoms with Crippen LogP contribution < -0.4 is 10.1 Å². The second-order valence-corrected chi connectivity index (χ2v) is 7.43. The zero-order valence-electron chi connectivity index (χ0n) is 17.1. The number of carbonyl (C=O) groups excluding carboxylic acids is 2. The Morgan fingerprint density at radius 2 is 1.90 bits per heavy atom. The number of nitrogens with one attached hydrogen (secondary N) is 1. The summed E-state index contributed by atoms with van der Waals surface area (Å²) >= 11 is 0. The van der Waals surface area contributed by atoms with Crippen LogP contribution in [0.4, 0.5) is 5.69 Å². The van der Waals surface area contributed by atoms with Crippen molar-refractivity contribution in [3.8, 4) is 5.75 Å². The average molecular weight is 412 g/mol. The molecule has 0 bridgehead atoms. The van der Waals surface area contributed by atoms with E-state index in [9.17, 15) is 14.7 Å². The van der Waals surface area contributed by atoms with Crippen molar-refractivity contribution in [2.75, 3.05) is 38.7 Å². The van der Waals surface area contributed by atoms with Gasteiger partial charge in [-0.05, 0) is 55.8 Å². The first kappa shape index (κ1) is 21.8. The Morgan fingerprint density at radius 1 is 1.17 bits per heavy atom. The molecular formula is C23H28N2O5. The van der Waals surface area contributed by atoms with Crippen LogP contribution in [-0.2, 0) is 9.53 Å². The lowest BCUT2D eigenvalue weighted by Gasteiger charge is -2.33. The van der Waals surface area contributed by atoms with Crippen LogP contribution in [0.1, 0.15) is 23.2 Å². The van der Waals surface area contributed by atoms with E-state index in [1.165, 1.54) is 7.11 Å². The van der Waals surface area contributed by atoms with Crippen molar-refractivity contribution in [2.24, 2.45) is 5.92 Å². The van der Waals surface area contributed by atoms with Crippen LogP contribution in [0, 0.1) is 5.92 Å². The number of aliphatic hydroxyl groups excluding tert-OH is 1. The summed E-state index contributed by atoms with van der Waals surface area (Å²) in [6.45, 7) is 2.04. The molecular weight excluding hydrogens is 384 g/mol. The number of benzene rings is 2. The van der Waals surface area contributed by atoms with Crippen molar-refractivity contribution in [3.05, 3.63) is 60.2 Å². The van der Waals surface area contributed by atoms with Gasteiger partial charge in [-0.2, -0.15) is 0 Å². The van der Waals surface area contributed by atoms with E-state index in [-0.39, 0.29) is 18.4 Å². The maximum Gasteiger partial charge on any atom is 0.337 e. The minimum absolute atomic E-state index is 0.0161. The number of anilines is 1. The second-order valence-electron chi connectivity index (χ2n) is 7.43. The summed E-state index contributed by atoms with van der Waals surface area (Å²) in [6, 6.07) is 16.0. The SMILES string of the molecule is COC(=O)c1ccc(OC[C@H](O)CN2CCC[C@@H](C(=O)Nc3ccccc3)C2)cc1. The van der Waals surface area contributed by atoms with Crippen molar-refractivity contribution in [1.29, 1.82) is 0 Å². The molecule has 7 nitrogen and oxygen atoms in total. The van der Waals surface area contributed by atoms with Crippen LogP contribution in [0.2, 0.25) is 0 Å². The molecule has 1 fully saturated rings. The van der Waals surface area contributed by atoms with Gasteiger partial charge in [0.25, 0.3) is 0 Å². The number of hydrogen-bond acceptors (Lipinski definition) is 6. The third kappa shape index (κ3) is 6.30. The van der Waals surface area contributed by atoms with Gasteiger partial charge in [-0.15, -0.1) is 0 Å². The summed E-state index contributed by atoms with van der Waals surface area (Å²) in [7, 11) is 1.33. The molecule has 7 heteroatoms. The number of likely N-dealkylation sites (tertiary alicyclic amines) is 1. The van der Waals surface area contributed by atoms with Gasteiger partial charge in [0.2, 0.25) is 5.91 Å². The first-order valence-electron chi connectivity index (χ1n) is 10.1. The van der Waals surface area contributed by atoms with Gasteiger partial charge in [0.15, 0.2) is 0 Å². The van der Waals surface area contributed by atoms with Gasteiger partial charge in [0.05, 0.1) is 18.6 Å². The zero-order valence-corrected chi connectivity index (χ0v) is 17.1. The van der Waals surface area contributed by atoms with Crippen LogP contribution in [0.25, 0.3) is 0 Å². The molecule has 30 heavy (non-hydrogen) atoms. The fraction of sp³-hybridized carbons (Fsp3) is 0.391. The highest BCUT2D eigenvalue weighted by atomic mass is 16.5. The topological polar surface area (TPSA) is 88.1 Å². The molecule has 2 N–H and O–H groups in total. The third-order valence-corrected chi connectivity index (χ3v) is 5.10. The predicted molar refractivity (Wildman–Crippen MR) is 114 cm³/mol. The summed E-state index contributed by atoms with van der Waals surface area (Å²) in [5, 5.41) is 13.3. The molecule has 0 radical (unpaired) electrons. The Bertz CT molecular complexity index is 825. The maximum absolute atomic E-state index is 12.5. The highest BCUT2D eigenvalue weighted by molar-refractivity contribution is 5.92.